The molecule has 25 heavy (non-hydrogen) atoms. The van der Waals surface area contributed by atoms with E-state index < -0.39 is 11.9 Å². The highest BCUT2D eigenvalue weighted by molar-refractivity contribution is 5.57. The largest absolute Gasteiger partial charge is 0.433 e. The van der Waals surface area contributed by atoms with Gasteiger partial charge in [0.2, 0.25) is 0 Å². The van der Waals surface area contributed by atoms with Gasteiger partial charge in [-0.25, -0.2) is 9.97 Å². The second-order valence-electron chi connectivity index (χ2n) is 6.06. The van der Waals surface area contributed by atoms with Gasteiger partial charge in [0.1, 0.15) is 5.82 Å². The molecule has 0 amide bonds. The van der Waals surface area contributed by atoms with Gasteiger partial charge in [-0.2, -0.15) is 13.2 Å². The van der Waals surface area contributed by atoms with Gasteiger partial charge >= 0.3 is 6.18 Å². The Balaban J connectivity index is 1.90. The Morgan fingerprint density at radius 1 is 1.16 bits per heavy atom. The lowest BCUT2D eigenvalue weighted by atomic mass is 9.93. The zero-order chi connectivity index (χ0) is 17.9. The highest BCUT2D eigenvalue weighted by Gasteiger charge is 2.34. The van der Waals surface area contributed by atoms with Crippen LogP contribution in [-0.4, -0.2) is 34.2 Å². The molecule has 0 spiro atoms. The lowest BCUT2D eigenvalue weighted by molar-refractivity contribution is -0.141. The van der Waals surface area contributed by atoms with Crippen molar-refractivity contribution in [2.45, 2.75) is 44.0 Å². The van der Waals surface area contributed by atoms with Crippen molar-refractivity contribution >= 4 is 5.82 Å². The summed E-state index contributed by atoms with van der Waals surface area (Å²) in [5, 5.41) is 3.12. The van der Waals surface area contributed by atoms with Crippen molar-refractivity contribution in [2.75, 3.05) is 12.4 Å². The number of rotatable bonds is 4. The molecule has 8 heteroatoms. The SMILES string of the molecule is COC1CCCC(Nc2cc(C(F)(F)F)nc(-c3ccncc3)n2)C1. The summed E-state index contributed by atoms with van der Waals surface area (Å²) in [7, 11) is 1.65. The van der Waals surface area contributed by atoms with Crippen LogP contribution in [-0.2, 0) is 10.9 Å². The Bertz CT molecular complexity index is 709. The Morgan fingerprint density at radius 2 is 1.92 bits per heavy atom. The van der Waals surface area contributed by atoms with E-state index in [-0.39, 0.29) is 23.8 Å². The minimum atomic E-state index is -4.54. The van der Waals surface area contributed by atoms with Crippen LogP contribution in [0.2, 0.25) is 0 Å². The average Bonchev–Trinajstić information content (AvgIpc) is 2.61. The Kier molecular flexibility index (Phi) is 5.17. The fourth-order valence-electron chi connectivity index (χ4n) is 3.00. The fourth-order valence-corrected chi connectivity index (χ4v) is 3.00. The normalized spacial score (nSPS) is 21.1. The molecule has 1 N–H and O–H groups in total. The molecule has 1 saturated carbocycles. The highest BCUT2D eigenvalue weighted by atomic mass is 19.4. The summed E-state index contributed by atoms with van der Waals surface area (Å²) in [6, 6.07) is 4.16. The summed E-state index contributed by atoms with van der Waals surface area (Å²) >= 11 is 0. The quantitative estimate of drug-likeness (QED) is 0.903. The summed E-state index contributed by atoms with van der Waals surface area (Å²) in [5.41, 5.74) is -0.474. The van der Waals surface area contributed by atoms with Crippen molar-refractivity contribution in [3.05, 3.63) is 36.3 Å². The monoisotopic (exact) mass is 352 g/mol. The first kappa shape index (κ1) is 17.6. The third-order valence-electron chi connectivity index (χ3n) is 4.27. The predicted molar refractivity (Wildman–Crippen MR) is 86.9 cm³/mol. The van der Waals surface area contributed by atoms with E-state index in [0.29, 0.717) is 5.56 Å². The predicted octanol–water partition coefficient (Wildman–Crippen LogP) is 3.93. The van der Waals surface area contributed by atoms with Gasteiger partial charge in [-0.05, 0) is 37.8 Å². The molecule has 0 radical (unpaired) electrons. The number of nitrogens with one attached hydrogen (secondary N) is 1. The van der Waals surface area contributed by atoms with Crippen molar-refractivity contribution < 1.29 is 17.9 Å². The van der Waals surface area contributed by atoms with Crippen molar-refractivity contribution in [3.63, 3.8) is 0 Å². The van der Waals surface area contributed by atoms with E-state index in [2.05, 4.69) is 20.3 Å². The first-order chi connectivity index (χ1) is 12.0. The molecule has 0 bridgehead atoms. The molecule has 0 aromatic carbocycles. The first-order valence-electron chi connectivity index (χ1n) is 8.11. The first-order valence-corrected chi connectivity index (χ1v) is 8.11. The van der Waals surface area contributed by atoms with E-state index in [0.717, 1.165) is 31.7 Å². The van der Waals surface area contributed by atoms with Gasteiger partial charge in [0.25, 0.3) is 0 Å². The van der Waals surface area contributed by atoms with Crippen LogP contribution >= 0.6 is 0 Å². The summed E-state index contributed by atoms with van der Waals surface area (Å²) in [6.07, 6.45) is 2.12. The number of hydrogen-bond acceptors (Lipinski definition) is 5. The second-order valence-corrected chi connectivity index (χ2v) is 6.06. The van der Waals surface area contributed by atoms with Crippen LogP contribution in [0, 0.1) is 0 Å². The molecule has 0 saturated heterocycles. The number of pyridine rings is 1. The van der Waals surface area contributed by atoms with Crippen LogP contribution in [0.1, 0.15) is 31.4 Å². The molecule has 2 aromatic rings. The lowest BCUT2D eigenvalue weighted by Gasteiger charge is -2.29. The van der Waals surface area contributed by atoms with Crippen LogP contribution in [0.4, 0.5) is 19.0 Å². The van der Waals surface area contributed by atoms with Crippen LogP contribution in [0.3, 0.4) is 0 Å². The Morgan fingerprint density at radius 3 is 2.60 bits per heavy atom. The number of hydrogen-bond donors (Lipinski definition) is 1. The number of anilines is 1. The fraction of sp³-hybridized carbons (Fsp3) is 0.471. The zero-order valence-corrected chi connectivity index (χ0v) is 13.8. The average molecular weight is 352 g/mol. The number of aromatic nitrogens is 3. The lowest BCUT2D eigenvalue weighted by Crippen LogP contribution is -2.31. The third-order valence-corrected chi connectivity index (χ3v) is 4.27. The molecule has 2 heterocycles. The Hall–Kier alpha value is -2.22. The molecule has 2 atom stereocenters. The number of methoxy groups -OCH3 is 1. The highest BCUT2D eigenvalue weighted by Crippen LogP contribution is 2.31. The number of nitrogens with zero attached hydrogens (tertiary/aromatic N) is 3. The molecular weight excluding hydrogens is 333 g/mol. The second kappa shape index (κ2) is 7.35. The number of alkyl halides is 3. The number of ether oxygens (including phenoxy) is 1. The topological polar surface area (TPSA) is 59.9 Å². The van der Waals surface area contributed by atoms with E-state index in [9.17, 15) is 13.2 Å². The standard InChI is InChI=1S/C17H19F3N4O/c1-25-13-4-2-3-12(9-13)22-15-10-14(17(18,19)20)23-16(24-15)11-5-7-21-8-6-11/h5-8,10,12-13H,2-4,9H2,1H3,(H,22,23,24). The van der Waals surface area contributed by atoms with Crippen LogP contribution < -0.4 is 5.32 Å². The van der Waals surface area contributed by atoms with Crippen molar-refractivity contribution in [3.8, 4) is 11.4 Å². The Labute approximate surface area is 143 Å². The van der Waals surface area contributed by atoms with E-state index >= 15 is 0 Å². The van der Waals surface area contributed by atoms with Gasteiger partial charge in [0, 0.05) is 37.2 Å². The van der Waals surface area contributed by atoms with Gasteiger partial charge in [-0.15, -0.1) is 0 Å². The van der Waals surface area contributed by atoms with Crippen molar-refractivity contribution in [1.29, 1.82) is 0 Å². The molecule has 2 aromatic heterocycles. The van der Waals surface area contributed by atoms with Gasteiger partial charge in [0.15, 0.2) is 11.5 Å². The van der Waals surface area contributed by atoms with Crippen LogP contribution in [0.25, 0.3) is 11.4 Å². The maximum absolute atomic E-state index is 13.2. The van der Waals surface area contributed by atoms with E-state index in [1.807, 2.05) is 0 Å². The van der Waals surface area contributed by atoms with Gasteiger partial charge < -0.3 is 10.1 Å². The maximum atomic E-state index is 13.2. The molecule has 134 valence electrons. The third kappa shape index (κ3) is 4.45. The minimum Gasteiger partial charge on any atom is -0.381 e. The molecule has 1 aliphatic rings. The summed E-state index contributed by atoms with van der Waals surface area (Å²) < 4.78 is 45.0. The summed E-state index contributed by atoms with van der Waals surface area (Å²) in [5.74, 6) is 0.203. The molecule has 1 aliphatic carbocycles. The molecule has 5 nitrogen and oxygen atoms in total. The van der Waals surface area contributed by atoms with Crippen LogP contribution in [0.15, 0.2) is 30.6 Å². The molecule has 3 rings (SSSR count). The summed E-state index contributed by atoms with van der Waals surface area (Å²) in [4.78, 5) is 11.8. The van der Waals surface area contributed by atoms with Crippen LogP contribution in [0.5, 0.6) is 0 Å². The van der Waals surface area contributed by atoms with E-state index in [4.69, 9.17) is 4.74 Å². The van der Waals surface area contributed by atoms with Gasteiger partial charge in [-0.3, -0.25) is 4.98 Å². The summed E-state index contributed by atoms with van der Waals surface area (Å²) in [6.45, 7) is 0. The van der Waals surface area contributed by atoms with E-state index in [1.165, 1.54) is 12.4 Å². The minimum absolute atomic E-state index is 0.0267. The molecule has 0 aliphatic heterocycles. The number of halogens is 3. The molecule has 2 unspecified atom stereocenters. The molecule has 1 fully saturated rings. The van der Waals surface area contributed by atoms with Gasteiger partial charge in [-0.1, -0.05) is 0 Å². The zero-order valence-electron chi connectivity index (χ0n) is 13.8. The van der Waals surface area contributed by atoms with Crippen molar-refractivity contribution in [2.24, 2.45) is 0 Å². The smallest absolute Gasteiger partial charge is 0.381 e. The van der Waals surface area contributed by atoms with Gasteiger partial charge in [0.05, 0.1) is 6.10 Å². The van der Waals surface area contributed by atoms with Crippen molar-refractivity contribution in [1.82, 2.24) is 15.0 Å². The molecular formula is C17H19F3N4O. The maximum Gasteiger partial charge on any atom is 0.433 e. The van der Waals surface area contributed by atoms with E-state index in [1.54, 1.807) is 19.2 Å².